The van der Waals surface area contributed by atoms with Crippen LogP contribution in [0.5, 0.6) is 0 Å². The molecule has 0 unspecified atom stereocenters. The van der Waals surface area contributed by atoms with Gasteiger partial charge in [0.1, 0.15) is 18.6 Å². The van der Waals surface area contributed by atoms with E-state index in [1.807, 2.05) is 19.9 Å². The number of amides is 1. The van der Waals surface area contributed by atoms with Gasteiger partial charge in [0.15, 0.2) is 11.5 Å². The molecule has 0 saturated heterocycles. The first-order valence-electron chi connectivity index (χ1n) is 10.9. The van der Waals surface area contributed by atoms with Crippen LogP contribution in [0.3, 0.4) is 0 Å². The first kappa shape index (κ1) is 20.9. The summed E-state index contributed by atoms with van der Waals surface area (Å²) >= 11 is 0. The fraction of sp³-hybridized carbons (Fsp3) is 0.364. The van der Waals surface area contributed by atoms with Crippen LogP contribution in [0, 0.1) is 5.92 Å². The molecular weight excluding hydrogens is 424 g/mol. The van der Waals surface area contributed by atoms with Gasteiger partial charge in [0, 0.05) is 24.8 Å². The molecule has 170 valence electrons. The van der Waals surface area contributed by atoms with Gasteiger partial charge in [-0.1, -0.05) is 19.0 Å². The number of anilines is 3. The lowest BCUT2D eigenvalue weighted by atomic mass is 10.1. The highest BCUT2D eigenvalue weighted by Gasteiger charge is 2.24. The van der Waals surface area contributed by atoms with E-state index >= 15 is 0 Å². The van der Waals surface area contributed by atoms with Crippen molar-refractivity contribution in [1.82, 2.24) is 29.5 Å². The Labute approximate surface area is 188 Å². The second-order valence-electron chi connectivity index (χ2n) is 8.61. The average Bonchev–Trinajstić information content (AvgIpc) is 3.27. The molecule has 0 aliphatic heterocycles. The molecule has 1 fully saturated rings. The van der Waals surface area contributed by atoms with Gasteiger partial charge in [0.05, 0.1) is 17.1 Å². The molecule has 11 heteroatoms. The summed E-state index contributed by atoms with van der Waals surface area (Å²) in [7, 11) is 0. The average molecular weight is 448 g/mol. The smallest absolute Gasteiger partial charge is 0.269 e. The Bertz CT molecular complexity index is 1370. The summed E-state index contributed by atoms with van der Waals surface area (Å²) in [5.41, 5.74) is 2.04. The highest BCUT2D eigenvalue weighted by molar-refractivity contribution is 5.90. The Morgan fingerprint density at radius 3 is 2.91 bits per heavy atom. The number of hydrogen-bond acceptors (Lipinski definition) is 8. The van der Waals surface area contributed by atoms with Crippen LogP contribution in [0.2, 0.25) is 0 Å². The molecule has 0 aromatic carbocycles. The summed E-state index contributed by atoms with van der Waals surface area (Å²) in [6.07, 6.45) is 6.58. The van der Waals surface area contributed by atoms with Gasteiger partial charge in [-0.25, -0.2) is 4.68 Å². The largest absolute Gasteiger partial charge is 0.359 e. The van der Waals surface area contributed by atoms with Crippen molar-refractivity contribution in [2.45, 2.75) is 45.6 Å². The number of nitrogens with one attached hydrogen (secondary N) is 2. The lowest BCUT2D eigenvalue weighted by molar-refractivity contribution is -0.117. The van der Waals surface area contributed by atoms with Crippen molar-refractivity contribution in [3.63, 3.8) is 0 Å². The molecule has 11 nitrogen and oxygen atoms in total. The first-order valence-corrected chi connectivity index (χ1v) is 10.9. The molecule has 0 atom stereocenters. The van der Waals surface area contributed by atoms with E-state index in [0.717, 1.165) is 16.9 Å². The summed E-state index contributed by atoms with van der Waals surface area (Å²) in [5.74, 6) is 1.69. The highest BCUT2D eigenvalue weighted by Crippen LogP contribution is 2.33. The maximum atomic E-state index is 12.7. The maximum Gasteiger partial charge on any atom is 0.269 e. The van der Waals surface area contributed by atoms with Crippen LogP contribution in [-0.4, -0.2) is 35.4 Å². The van der Waals surface area contributed by atoms with E-state index < -0.39 is 5.56 Å². The molecule has 4 aromatic heterocycles. The van der Waals surface area contributed by atoms with Crippen LogP contribution in [0.15, 0.2) is 46.1 Å². The minimum absolute atomic E-state index is 0.0106. The number of carbonyl (C=O) groups is 1. The molecule has 0 radical (unpaired) electrons. The van der Waals surface area contributed by atoms with Crippen molar-refractivity contribution in [1.29, 1.82) is 0 Å². The van der Waals surface area contributed by atoms with Gasteiger partial charge in [-0.05, 0) is 36.8 Å². The van der Waals surface area contributed by atoms with Crippen molar-refractivity contribution in [2.24, 2.45) is 5.92 Å². The predicted molar refractivity (Wildman–Crippen MR) is 120 cm³/mol. The fourth-order valence-electron chi connectivity index (χ4n) is 3.60. The lowest BCUT2D eigenvalue weighted by Crippen LogP contribution is -2.30. The van der Waals surface area contributed by atoms with Crippen LogP contribution >= 0.6 is 0 Å². The number of rotatable bonds is 8. The topological polar surface area (TPSA) is 132 Å². The van der Waals surface area contributed by atoms with Crippen LogP contribution in [-0.2, 0) is 17.8 Å². The molecule has 2 N–H and O–H groups in total. The van der Waals surface area contributed by atoms with Crippen molar-refractivity contribution >= 4 is 28.7 Å². The fourth-order valence-corrected chi connectivity index (χ4v) is 3.60. The van der Waals surface area contributed by atoms with Gasteiger partial charge in [0.2, 0.25) is 5.91 Å². The minimum atomic E-state index is -0.395. The van der Waals surface area contributed by atoms with Crippen LogP contribution < -0.4 is 16.2 Å². The number of pyridine rings is 1. The molecule has 1 aliphatic carbocycles. The maximum absolute atomic E-state index is 12.7. The van der Waals surface area contributed by atoms with E-state index in [1.54, 1.807) is 29.1 Å². The van der Waals surface area contributed by atoms with E-state index in [4.69, 9.17) is 4.52 Å². The molecule has 1 saturated carbocycles. The molecule has 1 aliphatic rings. The molecule has 4 heterocycles. The summed E-state index contributed by atoms with van der Waals surface area (Å²) < 4.78 is 8.25. The van der Waals surface area contributed by atoms with Gasteiger partial charge >= 0.3 is 0 Å². The zero-order valence-electron chi connectivity index (χ0n) is 18.4. The third-order valence-electron chi connectivity index (χ3n) is 5.45. The number of hydrogen-bond donors (Lipinski definition) is 2. The minimum Gasteiger partial charge on any atom is -0.359 e. The molecule has 33 heavy (non-hydrogen) atoms. The van der Waals surface area contributed by atoms with Crippen molar-refractivity contribution in [3.8, 4) is 0 Å². The van der Waals surface area contributed by atoms with Gasteiger partial charge in [-0.2, -0.15) is 5.10 Å². The number of nitrogens with zero attached hydrogens (tertiary/aromatic N) is 6. The summed E-state index contributed by atoms with van der Waals surface area (Å²) in [4.78, 5) is 25.3. The number of aromatic nitrogens is 6. The zero-order chi connectivity index (χ0) is 22.9. The van der Waals surface area contributed by atoms with E-state index in [2.05, 4.69) is 31.1 Å². The van der Waals surface area contributed by atoms with E-state index in [1.165, 1.54) is 18.9 Å². The van der Waals surface area contributed by atoms with Crippen LogP contribution in [0.4, 0.5) is 17.2 Å². The molecule has 5 rings (SSSR count). The molecule has 0 bridgehead atoms. The third-order valence-corrected chi connectivity index (χ3v) is 5.45. The van der Waals surface area contributed by atoms with Crippen molar-refractivity contribution in [3.05, 3.63) is 58.6 Å². The van der Waals surface area contributed by atoms with Gasteiger partial charge in [-0.15, -0.1) is 10.2 Å². The second-order valence-corrected chi connectivity index (χ2v) is 8.61. The van der Waals surface area contributed by atoms with Crippen molar-refractivity contribution in [2.75, 3.05) is 10.6 Å². The summed E-state index contributed by atoms with van der Waals surface area (Å²) in [6.45, 7) is 3.73. The van der Waals surface area contributed by atoms with Gasteiger partial charge < -0.3 is 15.2 Å². The molecule has 0 spiro atoms. The van der Waals surface area contributed by atoms with Crippen LogP contribution in [0.1, 0.15) is 44.1 Å². The van der Waals surface area contributed by atoms with E-state index in [9.17, 15) is 9.59 Å². The predicted octanol–water partition coefficient (Wildman–Crippen LogP) is 2.73. The Morgan fingerprint density at radius 2 is 2.12 bits per heavy atom. The van der Waals surface area contributed by atoms with Gasteiger partial charge in [0.25, 0.3) is 5.56 Å². The Balaban J connectivity index is 1.32. The SMILES string of the molecule is CC(C)c1nn(CC(=O)Nc2ccc3nncn3c2)c(=O)cc1Nc1cc(CC2CC2)on1. The summed E-state index contributed by atoms with van der Waals surface area (Å²) in [5, 5.41) is 22.2. The lowest BCUT2D eigenvalue weighted by Gasteiger charge is -2.14. The Morgan fingerprint density at radius 1 is 1.27 bits per heavy atom. The highest BCUT2D eigenvalue weighted by atomic mass is 16.5. The Kier molecular flexibility index (Phi) is 5.37. The normalized spacial score (nSPS) is 13.5. The monoisotopic (exact) mass is 448 g/mol. The van der Waals surface area contributed by atoms with E-state index in [0.29, 0.717) is 34.5 Å². The molecule has 4 aromatic rings. The van der Waals surface area contributed by atoms with Crippen LogP contribution in [0.25, 0.3) is 5.65 Å². The van der Waals surface area contributed by atoms with E-state index in [-0.39, 0.29) is 18.4 Å². The quantitative estimate of drug-likeness (QED) is 0.420. The zero-order valence-corrected chi connectivity index (χ0v) is 18.4. The molecule has 1 amide bonds. The standard InChI is InChI=1S/C22H24N8O3/c1-13(2)22-17(25-18-8-16(33-28-18)7-14-3-4-14)9-21(32)30(27-22)11-20(31)24-15-5-6-19-26-23-12-29(19)10-15/h5-6,8-10,12-14H,3-4,7,11H2,1-2H3,(H,24,31)(H,25,28). The second kappa shape index (κ2) is 8.49. The number of fused-ring (bicyclic) bond motifs is 1. The van der Waals surface area contributed by atoms with Gasteiger partial charge in [-0.3, -0.25) is 14.0 Å². The first-order chi connectivity index (χ1) is 15.9. The summed E-state index contributed by atoms with van der Waals surface area (Å²) in [6, 6.07) is 6.76. The Hall–Kier alpha value is -4.02. The number of carbonyl (C=O) groups excluding carboxylic acids is 1. The van der Waals surface area contributed by atoms with Crippen molar-refractivity contribution < 1.29 is 9.32 Å². The third kappa shape index (κ3) is 4.76. The molecular formula is C22H24N8O3.